The molecule has 4 aromatic rings. The minimum absolute atomic E-state index is 0.205. The Bertz CT molecular complexity index is 1270. The Morgan fingerprint density at radius 3 is 2.71 bits per heavy atom. The van der Waals surface area contributed by atoms with Crippen LogP contribution in [0.15, 0.2) is 47.0 Å². The summed E-state index contributed by atoms with van der Waals surface area (Å²) in [5.74, 6) is 0.438. The maximum atomic E-state index is 12.3. The standard InChI is InChI=1S/C23H21ClN4O3/c1-13-7-8-17(9-14(13)2)21-20-22(26-15(3)27-23(20)31-28-21)30-12-19(29)25-11-16-5-4-6-18(24)10-16/h4-10H,11-12H2,1-3H3,(H,25,29). The average molecular weight is 437 g/mol. The summed E-state index contributed by atoms with van der Waals surface area (Å²) in [6.45, 7) is 5.95. The van der Waals surface area contributed by atoms with Gasteiger partial charge in [0.15, 0.2) is 6.61 Å². The number of nitrogens with zero attached hydrogens (tertiary/aromatic N) is 3. The topological polar surface area (TPSA) is 90.1 Å². The highest BCUT2D eigenvalue weighted by molar-refractivity contribution is 6.30. The lowest BCUT2D eigenvalue weighted by Gasteiger charge is -2.09. The smallest absolute Gasteiger partial charge is 0.265 e. The SMILES string of the molecule is Cc1nc(OCC(=O)NCc2cccc(Cl)c2)c2c(-c3ccc(C)c(C)c3)noc2n1. The third kappa shape index (κ3) is 4.67. The molecule has 0 aliphatic rings. The van der Waals surface area contributed by atoms with E-state index in [1.165, 1.54) is 5.56 Å². The molecule has 4 rings (SSSR count). The first kappa shape index (κ1) is 20.8. The molecule has 1 amide bonds. The Labute approximate surface area is 184 Å². The number of hydrogen-bond donors (Lipinski definition) is 1. The predicted molar refractivity (Wildman–Crippen MR) is 118 cm³/mol. The van der Waals surface area contributed by atoms with Crippen molar-refractivity contribution >= 4 is 28.6 Å². The van der Waals surface area contributed by atoms with Crippen LogP contribution in [0.3, 0.4) is 0 Å². The van der Waals surface area contributed by atoms with Crippen LogP contribution in [0.2, 0.25) is 5.02 Å². The minimum atomic E-state index is -0.284. The number of carbonyl (C=O) groups excluding carboxylic acids is 1. The molecule has 2 aromatic carbocycles. The molecule has 0 aliphatic carbocycles. The quantitative estimate of drug-likeness (QED) is 0.476. The molecule has 0 radical (unpaired) electrons. The van der Waals surface area contributed by atoms with Gasteiger partial charge in [0.05, 0.1) is 0 Å². The summed E-state index contributed by atoms with van der Waals surface area (Å²) >= 11 is 5.98. The van der Waals surface area contributed by atoms with E-state index in [1.54, 1.807) is 19.1 Å². The Kier molecular flexibility index (Phi) is 5.86. The van der Waals surface area contributed by atoms with E-state index in [0.29, 0.717) is 34.2 Å². The number of aryl methyl sites for hydroxylation is 3. The lowest BCUT2D eigenvalue weighted by molar-refractivity contribution is -0.123. The molecule has 0 saturated carbocycles. The molecule has 1 N–H and O–H groups in total. The van der Waals surface area contributed by atoms with E-state index in [4.69, 9.17) is 20.9 Å². The number of carbonyl (C=O) groups is 1. The number of hydrogen-bond acceptors (Lipinski definition) is 6. The van der Waals surface area contributed by atoms with Gasteiger partial charge in [0.1, 0.15) is 16.9 Å². The number of fused-ring (bicyclic) bond motifs is 1. The molecule has 31 heavy (non-hydrogen) atoms. The summed E-state index contributed by atoms with van der Waals surface area (Å²) in [6.07, 6.45) is 0. The van der Waals surface area contributed by atoms with E-state index in [9.17, 15) is 4.79 Å². The van der Waals surface area contributed by atoms with Crippen LogP contribution < -0.4 is 10.1 Å². The van der Waals surface area contributed by atoms with E-state index >= 15 is 0 Å². The van der Waals surface area contributed by atoms with Gasteiger partial charge in [0, 0.05) is 17.1 Å². The summed E-state index contributed by atoms with van der Waals surface area (Å²) in [6, 6.07) is 13.3. The van der Waals surface area contributed by atoms with E-state index in [1.807, 2.05) is 44.2 Å². The second kappa shape index (κ2) is 8.73. The summed E-state index contributed by atoms with van der Waals surface area (Å²) in [7, 11) is 0. The van der Waals surface area contributed by atoms with Gasteiger partial charge in [0.2, 0.25) is 5.88 Å². The first-order valence-corrected chi connectivity index (χ1v) is 10.1. The van der Waals surface area contributed by atoms with Crippen LogP contribution >= 0.6 is 11.6 Å². The van der Waals surface area contributed by atoms with Gasteiger partial charge in [-0.05, 0) is 55.7 Å². The number of amides is 1. The zero-order chi connectivity index (χ0) is 22.0. The molecule has 2 aromatic heterocycles. The molecule has 0 atom stereocenters. The van der Waals surface area contributed by atoms with Crippen molar-refractivity contribution in [3.05, 3.63) is 70.0 Å². The number of rotatable bonds is 6. The fourth-order valence-electron chi connectivity index (χ4n) is 3.15. The van der Waals surface area contributed by atoms with Crippen LogP contribution in [0.4, 0.5) is 0 Å². The van der Waals surface area contributed by atoms with Gasteiger partial charge < -0.3 is 14.6 Å². The summed E-state index contributed by atoms with van der Waals surface area (Å²) in [5.41, 5.74) is 4.96. The molecule has 158 valence electrons. The van der Waals surface area contributed by atoms with Crippen LogP contribution in [0.25, 0.3) is 22.4 Å². The second-order valence-corrected chi connectivity index (χ2v) is 7.72. The van der Waals surface area contributed by atoms with Gasteiger partial charge in [-0.1, -0.05) is 41.0 Å². The third-order valence-electron chi connectivity index (χ3n) is 4.91. The lowest BCUT2D eigenvalue weighted by Crippen LogP contribution is -2.28. The molecule has 0 bridgehead atoms. The van der Waals surface area contributed by atoms with E-state index in [2.05, 4.69) is 20.4 Å². The van der Waals surface area contributed by atoms with Crippen LogP contribution in [0.1, 0.15) is 22.5 Å². The van der Waals surface area contributed by atoms with Crippen molar-refractivity contribution in [2.24, 2.45) is 0 Å². The maximum absolute atomic E-state index is 12.3. The maximum Gasteiger partial charge on any atom is 0.265 e. The van der Waals surface area contributed by atoms with Crippen LogP contribution in [0.5, 0.6) is 5.88 Å². The van der Waals surface area contributed by atoms with Crippen molar-refractivity contribution in [3.8, 4) is 17.1 Å². The van der Waals surface area contributed by atoms with E-state index in [0.717, 1.165) is 16.7 Å². The van der Waals surface area contributed by atoms with E-state index in [-0.39, 0.29) is 18.4 Å². The summed E-state index contributed by atoms with van der Waals surface area (Å²) in [5, 5.41) is 8.14. The van der Waals surface area contributed by atoms with Crippen molar-refractivity contribution < 1.29 is 14.1 Å². The van der Waals surface area contributed by atoms with Crippen molar-refractivity contribution in [2.45, 2.75) is 27.3 Å². The highest BCUT2D eigenvalue weighted by Crippen LogP contribution is 2.33. The van der Waals surface area contributed by atoms with Gasteiger partial charge in [0.25, 0.3) is 11.6 Å². The largest absolute Gasteiger partial charge is 0.467 e. The van der Waals surface area contributed by atoms with Crippen LogP contribution in [-0.4, -0.2) is 27.6 Å². The Morgan fingerprint density at radius 2 is 1.94 bits per heavy atom. The number of halogens is 1. The number of benzene rings is 2. The third-order valence-corrected chi connectivity index (χ3v) is 5.15. The summed E-state index contributed by atoms with van der Waals surface area (Å²) in [4.78, 5) is 21.0. The van der Waals surface area contributed by atoms with Gasteiger partial charge >= 0.3 is 0 Å². The molecular weight excluding hydrogens is 416 g/mol. The van der Waals surface area contributed by atoms with Crippen molar-refractivity contribution in [3.63, 3.8) is 0 Å². The Balaban J connectivity index is 1.55. The number of nitrogens with one attached hydrogen (secondary N) is 1. The van der Waals surface area contributed by atoms with Gasteiger partial charge in [-0.25, -0.2) is 0 Å². The molecule has 0 fully saturated rings. The molecule has 0 saturated heterocycles. The highest BCUT2D eigenvalue weighted by Gasteiger charge is 2.20. The second-order valence-electron chi connectivity index (χ2n) is 7.28. The van der Waals surface area contributed by atoms with Crippen molar-refractivity contribution in [1.29, 1.82) is 0 Å². The fourth-order valence-corrected chi connectivity index (χ4v) is 3.36. The fraction of sp³-hybridized carbons (Fsp3) is 0.217. The van der Waals surface area contributed by atoms with Gasteiger partial charge in [-0.15, -0.1) is 0 Å². The molecule has 0 unspecified atom stereocenters. The van der Waals surface area contributed by atoms with Gasteiger partial charge in [-0.2, -0.15) is 9.97 Å². The molecule has 7 nitrogen and oxygen atoms in total. The van der Waals surface area contributed by atoms with Crippen LogP contribution in [-0.2, 0) is 11.3 Å². The molecule has 0 aliphatic heterocycles. The first-order chi connectivity index (χ1) is 14.9. The highest BCUT2D eigenvalue weighted by atomic mass is 35.5. The molecule has 2 heterocycles. The monoisotopic (exact) mass is 436 g/mol. The lowest BCUT2D eigenvalue weighted by atomic mass is 10.0. The molecular formula is C23H21ClN4O3. The molecule has 8 heteroatoms. The predicted octanol–water partition coefficient (Wildman–Crippen LogP) is 4.56. The minimum Gasteiger partial charge on any atom is -0.467 e. The van der Waals surface area contributed by atoms with Crippen molar-refractivity contribution in [2.75, 3.05) is 6.61 Å². The van der Waals surface area contributed by atoms with Crippen molar-refractivity contribution in [1.82, 2.24) is 20.4 Å². The summed E-state index contributed by atoms with van der Waals surface area (Å²) < 4.78 is 11.2. The normalized spacial score (nSPS) is 11.0. The number of ether oxygens (including phenoxy) is 1. The average Bonchev–Trinajstić information content (AvgIpc) is 3.16. The zero-order valence-electron chi connectivity index (χ0n) is 17.4. The zero-order valence-corrected chi connectivity index (χ0v) is 18.2. The molecule has 0 spiro atoms. The van der Waals surface area contributed by atoms with E-state index < -0.39 is 0 Å². The Morgan fingerprint density at radius 1 is 1.10 bits per heavy atom. The first-order valence-electron chi connectivity index (χ1n) is 9.76. The Hall–Kier alpha value is -3.45. The van der Waals surface area contributed by atoms with Crippen LogP contribution in [0, 0.1) is 20.8 Å². The number of aromatic nitrogens is 3. The van der Waals surface area contributed by atoms with Gasteiger partial charge in [-0.3, -0.25) is 4.79 Å².